The number of rotatable bonds is 6. The number of hydrogen-bond acceptors (Lipinski definition) is 3. The molecule has 4 heteroatoms. The minimum atomic E-state index is -2.38. The number of nitrogens with zero attached hydrogens (tertiary/aromatic N) is 1. The van der Waals surface area contributed by atoms with Crippen molar-refractivity contribution >= 4 is 8.72 Å². The van der Waals surface area contributed by atoms with E-state index in [1.54, 1.807) is 0 Å². The summed E-state index contributed by atoms with van der Waals surface area (Å²) in [6.07, 6.45) is 5.09. The van der Waals surface area contributed by atoms with Crippen LogP contribution in [0.2, 0.25) is 5.04 Å². The van der Waals surface area contributed by atoms with Crippen LogP contribution in [0.5, 0.6) is 0 Å². The van der Waals surface area contributed by atoms with E-state index in [0.717, 1.165) is 6.54 Å². The highest BCUT2D eigenvalue weighted by molar-refractivity contribution is 6.67. The average molecular weight is 288 g/mol. The fraction of sp³-hybridized carbons (Fsp3) is 1.00. The summed E-state index contributed by atoms with van der Waals surface area (Å²) < 4.78 is 14.9. The van der Waals surface area contributed by atoms with E-state index in [0.29, 0.717) is 12.0 Å². The van der Waals surface area contributed by atoms with Crippen molar-refractivity contribution in [3.8, 4) is 0 Å². The van der Waals surface area contributed by atoms with Gasteiger partial charge in [-0.25, -0.2) is 0 Å². The van der Waals surface area contributed by atoms with Gasteiger partial charge in [-0.2, -0.15) is 0 Å². The van der Waals surface area contributed by atoms with Crippen LogP contribution in [0, 0.1) is 5.92 Å². The summed E-state index contributed by atoms with van der Waals surface area (Å²) in [6, 6.07) is 0.623. The van der Waals surface area contributed by atoms with Gasteiger partial charge in [-0.05, 0) is 31.7 Å². The van der Waals surface area contributed by atoms with Gasteiger partial charge in [-0.3, -0.25) is 4.57 Å². The predicted octanol–water partition coefficient (Wildman–Crippen LogP) is 3.92. The number of piperidine rings is 1. The molecule has 0 aliphatic carbocycles. The van der Waals surface area contributed by atoms with Crippen LogP contribution < -0.4 is 0 Å². The highest BCUT2D eigenvalue weighted by atomic mass is 28.4. The molecule has 0 spiro atoms. The quantitative estimate of drug-likeness (QED) is 0.691. The van der Waals surface area contributed by atoms with Crippen LogP contribution in [-0.2, 0) is 8.85 Å². The third-order valence-corrected chi connectivity index (χ3v) is 9.95. The molecule has 0 bridgehead atoms. The highest BCUT2D eigenvalue weighted by Gasteiger charge is 2.59. The molecule has 19 heavy (non-hydrogen) atoms. The van der Waals surface area contributed by atoms with E-state index in [2.05, 4.69) is 39.2 Å². The standard InChI is InChI=1S/C15H33NO2Si/c1-8-14-11-9-10-12-16(14)19(17-6,18-7)15(4,5)13(2)3/h13-14H,8-12H2,1-7H3. The fourth-order valence-corrected chi connectivity index (χ4v) is 7.79. The van der Waals surface area contributed by atoms with E-state index in [1.165, 1.54) is 25.7 Å². The molecule has 0 aromatic heterocycles. The van der Waals surface area contributed by atoms with Crippen molar-refractivity contribution in [2.75, 3.05) is 20.8 Å². The molecule has 1 atom stereocenters. The van der Waals surface area contributed by atoms with E-state index in [-0.39, 0.29) is 5.04 Å². The first-order valence-electron chi connectivity index (χ1n) is 7.74. The lowest BCUT2D eigenvalue weighted by Gasteiger charge is -2.53. The monoisotopic (exact) mass is 287 g/mol. The molecule has 1 heterocycles. The van der Waals surface area contributed by atoms with Crippen LogP contribution in [0.15, 0.2) is 0 Å². The summed E-state index contributed by atoms with van der Waals surface area (Å²) in [5.74, 6) is 0.540. The van der Waals surface area contributed by atoms with Crippen molar-refractivity contribution in [2.45, 2.75) is 71.4 Å². The van der Waals surface area contributed by atoms with Gasteiger partial charge in [0.05, 0.1) is 0 Å². The maximum Gasteiger partial charge on any atom is 0.433 e. The van der Waals surface area contributed by atoms with Gasteiger partial charge in [0.15, 0.2) is 0 Å². The smallest absolute Gasteiger partial charge is 0.386 e. The summed E-state index contributed by atoms with van der Waals surface area (Å²) >= 11 is 0. The van der Waals surface area contributed by atoms with Crippen molar-refractivity contribution in [3.05, 3.63) is 0 Å². The van der Waals surface area contributed by atoms with Gasteiger partial charge in [-0.1, -0.05) is 41.0 Å². The van der Waals surface area contributed by atoms with Crippen LogP contribution in [0.4, 0.5) is 0 Å². The molecule has 0 N–H and O–H groups in total. The van der Waals surface area contributed by atoms with Gasteiger partial charge in [0, 0.05) is 25.3 Å². The summed E-state index contributed by atoms with van der Waals surface area (Å²) in [6.45, 7) is 12.6. The lowest BCUT2D eigenvalue weighted by Crippen LogP contribution is -2.68. The van der Waals surface area contributed by atoms with Crippen LogP contribution in [0.1, 0.15) is 60.3 Å². The maximum absolute atomic E-state index is 6.13. The van der Waals surface area contributed by atoms with Gasteiger partial charge in [0.25, 0.3) is 0 Å². The van der Waals surface area contributed by atoms with Crippen molar-refractivity contribution in [1.29, 1.82) is 0 Å². The second kappa shape index (κ2) is 6.70. The second-order valence-corrected chi connectivity index (χ2v) is 10.5. The molecule has 1 rings (SSSR count). The predicted molar refractivity (Wildman–Crippen MR) is 83.3 cm³/mol. The first-order valence-corrected chi connectivity index (χ1v) is 9.50. The first kappa shape index (κ1) is 17.1. The van der Waals surface area contributed by atoms with Crippen molar-refractivity contribution in [3.63, 3.8) is 0 Å². The molecule has 114 valence electrons. The lowest BCUT2D eigenvalue weighted by atomic mass is 9.99. The highest BCUT2D eigenvalue weighted by Crippen LogP contribution is 2.48. The summed E-state index contributed by atoms with van der Waals surface area (Å²) in [4.78, 5) is 0. The van der Waals surface area contributed by atoms with Gasteiger partial charge < -0.3 is 8.85 Å². The third-order valence-electron chi connectivity index (χ3n) is 5.29. The summed E-state index contributed by atoms with van der Waals surface area (Å²) in [7, 11) is 1.31. The molecule has 0 amide bonds. The summed E-state index contributed by atoms with van der Waals surface area (Å²) in [5.41, 5.74) is 0. The van der Waals surface area contributed by atoms with Crippen molar-refractivity contribution in [2.24, 2.45) is 5.92 Å². The molecule has 1 unspecified atom stereocenters. The largest absolute Gasteiger partial charge is 0.433 e. The van der Waals surface area contributed by atoms with Crippen molar-refractivity contribution in [1.82, 2.24) is 4.57 Å². The Morgan fingerprint density at radius 2 is 1.79 bits per heavy atom. The Kier molecular flexibility index (Phi) is 6.05. The molecule has 1 saturated heterocycles. The average Bonchev–Trinajstić information content (AvgIpc) is 2.41. The van der Waals surface area contributed by atoms with Crippen LogP contribution >= 0.6 is 0 Å². The Balaban J connectivity index is 3.16. The molecule has 0 saturated carbocycles. The topological polar surface area (TPSA) is 21.7 Å². The van der Waals surface area contributed by atoms with E-state index < -0.39 is 8.72 Å². The molecule has 0 aromatic rings. The Labute approximate surface area is 121 Å². The molecular weight excluding hydrogens is 254 g/mol. The van der Waals surface area contributed by atoms with Gasteiger partial charge in [-0.15, -0.1) is 0 Å². The lowest BCUT2D eigenvalue weighted by molar-refractivity contribution is 0.0816. The third kappa shape index (κ3) is 2.92. The molecule has 1 aliphatic heterocycles. The molecule has 1 aliphatic rings. The zero-order valence-corrected chi connectivity index (χ0v) is 15.0. The Hall–Kier alpha value is 0.0969. The second-order valence-electron chi connectivity index (χ2n) is 6.62. The van der Waals surface area contributed by atoms with Gasteiger partial charge >= 0.3 is 8.72 Å². The van der Waals surface area contributed by atoms with Crippen LogP contribution in [0.3, 0.4) is 0 Å². The van der Waals surface area contributed by atoms with Gasteiger partial charge in [0.1, 0.15) is 0 Å². The van der Waals surface area contributed by atoms with E-state index in [1.807, 2.05) is 14.2 Å². The fourth-order valence-electron chi connectivity index (χ4n) is 3.39. The molecule has 0 aromatic carbocycles. The zero-order valence-electron chi connectivity index (χ0n) is 14.0. The van der Waals surface area contributed by atoms with Crippen molar-refractivity contribution < 1.29 is 8.85 Å². The Morgan fingerprint density at radius 1 is 1.21 bits per heavy atom. The molecule has 0 radical (unpaired) electrons. The van der Waals surface area contributed by atoms with E-state index in [9.17, 15) is 0 Å². The minimum absolute atomic E-state index is 0.0707. The maximum atomic E-state index is 6.13. The zero-order chi connectivity index (χ0) is 14.7. The Morgan fingerprint density at radius 3 is 2.21 bits per heavy atom. The SMILES string of the molecule is CCC1CCCCN1[Si](OC)(OC)C(C)(C)C(C)C. The van der Waals surface area contributed by atoms with Crippen LogP contribution in [0.25, 0.3) is 0 Å². The molecule has 3 nitrogen and oxygen atoms in total. The van der Waals surface area contributed by atoms with E-state index in [4.69, 9.17) is 8.85 Å². The minimum Gasteiger partial charge on any atom is -0.386 e. The van der Waals surface area contributed by atoms with Crippen LogP contribution in [-0.4, -0.2) is 40.1 Å². The van der Waals surface area contributed by atoms with Gasteiger partial charge in [0.2, 0.25) is 0 Å². The summed E-state index contributed by atoms with van der Waals surface area (Å²) in [5, 5.41) is 0.0707. The normalized spacial score (nSPS) is 23.1. The number of hydrogen-bond donors (Lipinski definition) is 0. The van der Waals surface area contributed by atoms with E-state index >= 15 is 0 Å². The Bertz CT molecular complexity index is 277. The first-order chi connectivity index (χ1) is 8.87. The molecular formula is C15H33NO2Si. The molecule has 1 fully saturated rings.